The first-order valence-corrected chi connectivity index (χ1v) is 9.15. The second-order valence-electron chi connectivity index (χ2n) is 7.31. The van der Waals surface area contributed by atoms with Gasteiger partial charge in [0, 0.05) is 11.8 Å². The molecule has 2 aromatic rings. The van der Waals surface area contributed by atoms with Crippen molar-refractivity contribution in [3.8, 4) is 11.5 Å². The van der Waals surface area contributed by atoms with Gasteiger partial charge in [-0.2, -0.15) is 0 Å². The second kappa shape index (κ2) is 9.27. The van der Waals surface area contributed by atoms with Gasteiger partial charge < -0.3 is 14.8 Å². The van der Waals surface area contributed by atoms with Crippen LogP contribution in [0.5, 0.6) is 11.5 Å². The maximum Gasteiger partial charge on any atom is 0.262 e. The number of para-hydroxylation sites is 1. The first-order chi connectivity index (χ1) is 12.4. The van der Waals surface area contributed by atoms with Crippen LogP contribution in [-0.4, -0.2) is 19.1 Å². The molecule has 0 heterocycles. The molecule has 0 aliphatic carbocycles. The van der Waals surface area contributed by atoms with Gasteiger partial charge in [0.15, 0.2) is 6.61 Å². The summed E-state index contributed by atoms with van der Waals surface area (Å²) in [7, 11) is 0. The van der Waals surface area contributed by atoms with Gasteiger partial charge in [-0.15, -0.1) is 0 Å². The van der Waals surface area contributed by atoms with E-state index >= 15 is 0 Å². The van der Waals surface area contributed by atoms with Crippen LogP contribution in [0.4, 0.5) is 5.69 Å². The number of rotatable bonds is 8. The van der Waals surface area contributed by atoms with Gasteiger partial charge in [0.1, 0.15) is 11.5 Å². The van der Waals surface area contributed by atoms with Crippen molar-refractivity contribution in [2.75, 3.05) is 18.5 Å². The van der Waals surface area contributed by atoms with Gasteiger partial charge in [-0.1, -0.05) is 58.4 Å². The summed E-state index contributed by atoms with van der Waals surface area (Å²) < 4.78 is 11.4. The number of unbranched alkanes of at least 4 members (excludes halogenated alkanes) is 1. The quantitative estimate of drug-likeness (QED) is 0.664. The van der Waals surface area contributed by atoms with Crippen molar-refractivity contribution in [2.45, 2.75) is 46.0 Å². The Kier molecular flexibility index (Phi) is 7.07. The topological polar surface area (TPSA) is 47.6 Å². The third kappa shape index (κ3) is 6.10. The summed E-state index contributed by atoms with van der Waals surface area (Å²) in [6.07, 6.45) is 2.10. The first-order valence-electron chi connectivity index (χ1n) is 9.15. The van der Waals surface area contributed by atoms with Crippen molar-refractivity contribution in [3.63, 3.8) is 0 Å². The lowest BCUT2D eigenvalue weighted by Gasteiger charge is -2.22. The maximum absolute atomic E-state index is 12.2. The Balaban J connectivity index is 1.93. The summed E-state index contributed by atoms with van der Waals surface area (Å²) in [6.45, 7) is 9.14. The van der Waals surface area contributed by atoms with E-state index in [2.05, 4.69) is 33.0 Å². The third-order valence-electron chi connectivity index (χ3n) is 3.94. The van der Waals surface area contributed by atoms with E-state index in [0.717, 1.165) is 29.9 Å². The Bertz CT molecular complexity index is 719. The molecule has 26 heavy (non-hydrogen) atoms. The Morgan fingerprint density at radius 3 is 2.54 bits per heavy atom. The van der Waals surface area contributed by atoms with Gasteiger partial charge >= 0.3 is 0 Å². The molecule has 0 aliphatic heterocycles. The van der Waals surface area contributed by atoms with Crippen LogP contribution < -0.4 is 14.8 Å². The number of ether oxygens (including phenoxy) is 2. The van der Waals surface area contributed by atoms with Crippen molar-refractivity contribution in [1.82, 2.24) is 0 Å². The van der Waals surface area contributed by atoms with Gasteiger partial charge in [-0.3, -0.25) is 4.79 Å². The molecule has 0 atom stereocenters. The van der Waals surface area contributed by atoms with Crippen molar-refractivity contribution < 1.29 is 14.3 Å². The minimum absolute atomic E-state index is 0.0337. The zero-order chi connectivity index (χ0) is 19.0. The largest absolute Gasteiger partial charge is 0.494 e. The SMILES string of the molecule is CCCCOc1cccc(NC(=O)COc2ccccc2C(C)(C)C)c1. The smallest absolute Gasteiger partial charge is 0.262 e. The molecule has 4 heteroatoms. The predicted octanol–water partition coefficient (Wildman–Crippen LogP) is 5.18. The molecule has 0 spiro atoms. The average molecular weight is 355 g/mol. The normalized spacial score (nSPS) is 11.1. The lowest BCUT2D eigenvalue weighted by atomic mass is 9.86. The van der Waals surface area contributed by atoms with E-state index in [4.69, 9.17) is 9.47 Å². The molecule has 0 saturated carbocycles. The number of hydrogen-bond donors (Lipinski definition) is 1. The lowest BCUT2D eigenvalue weighted by Crippen LogP contribution is -2.22. The zero-order valence-electron chi connectivity index (χ0n) is 16.2. The molecule has 0 saturated heterocycles. The molecule has 4 nitrogen and oxygen atoms in total. The molecule has 0 unspecified atom stereocenters. The fourth-order valence-electron chi connectivity index (χ4n) is 2.55. The fourth-order valence-corrected chi connectivity index (χ4v) is 2.55. The molecule has 0 bridgehead atoms. The van der Waals surface area contributed by atoms with E-state index in [-0.39, 0.29) is 17.9 Å². The van der Waals surface area contributed by atoms with Crippen molar-refractivity contribution >= 4 is 11.6 Å². The van der Waals surface area contributed by atoms with Crippen LogP contribution in [0.25, 0.3) is 0 Å². The summed E-state index contributed by atoms with van der Waals surface area (Å²) in [4.78, 5) is 12.2. The Labute approximate surface area is 156 Å². The van der Waals surface area contributed by atoms with E-state index in [1.807, 2.05) is 48.5 Å². The number of amides is 1. The fraction of sp³-hybridized carbons (Fsp3) is 0.409. The molecule has 0 aliphatic rings. The highest BCUT2D eigenvalue weighted by atomic mass is 16.5. The van der Waals surface area contributed by atoms with E-state index in [9.17, 15) is 4.79 Å². The first kappa shape index (κ1) is 19.8. The van der Waals surface area contributed by atoms with Crippen molar-refractivity contribution in [2.24, 2.45) is 0 Å². The molecule has 1 N–H and O–H groups in total. The minimum Gasteiger partial charge on any atom is -0.494 e. The van der Waals surface area contributed by atoms with Crippen LogP contribution in [0.1, 0.15) is 46.1 Å². The Hall–Kier alpha value is -2.49. The molecule has 2 aromatic carbocycles. The van der Waals surface area contributed by atoms with E-state index in [1.54, 1.807) is 0 Å². The van der Waals surface area contributed by atoms with E-state index < -0.39 is 0 Å². The van der Waals surface area contributed by atoms with Gasteiger partial charge in [-0.25, -0.2) is 0 Å². The number of anilines is 1. The monoisotopic (exact) mass is 355 g/mol. The van der Waals surface area contributed by atoms with Crippen LogP contribution in [0.15, 0.2) is 48.5 Å². The summed E-state index contributed by atoms with van der Waals surface area (Å²) in [5, 5.41) is 2.86. The lowest BCUT2D eigenvalue weighted by molar-refractivity contribution is -0.118. The molecule has 140 valence electrons. The minimum atomic E-state index is -0.195. The number of nitrogens with one attached hydrogen (secondary N) is 1. The van der Waals surface area contributed by atoms with E-state index in [1.165, 1.54) is 0 Å². The zero-order valence-corrected chi connectivity index (χ0v) is 16.2. The van der Waals surface area contributed by atoms with Gasteiger partial charge in [0.25, 0.3) is 5.91 Å². The molecule has 2 rings (SSSR count). The average Bonchev–Trinajstić information content (AvgIpc) is 2.60. The van der Waals surface area contributed by atoms with Crippen LogP contribution in [-0.2, 0) is 10.2 Å². The summed E-state index contributed by atoms with van der Waals surface area (Å²) in [5.41, 5.74) is 1.74. The molecule has 0 radical (unpaired) electrons. The predicted molar refractivity (Wildman–Crippen MR) is 106 cm³/mol. The van der Waals surface area contributed by atoms with Crippen molar-refractivity contribution in [1.29, 1.82) is 0 Å². The Morgan fingerprint density at radius 2 is 1.81 bits per heavy atom. The van der Waals surface area contributed by atoms with Crippen LogP contribution in [0, 0.1) is 0 Å². The number of hydrogen-bond acceptors (Lipinski definition) is 3. The van der Waals surface area contributed by atoms with Gasteiger partial charge in [0.05, 0.1) is 6.61 Å². The highest BCUT2D eigenvalue weighted by molar-refractivity contribution is 5.92. The summed E-state index contributed by atoms with van der Waals surface area (Å²) >= 11 is 0. The maximum atomic E-state index is 12.2. The molecule has 0 aromatic heterocycles. The van der Waals surface area contributed by atoms with E-state index in [0.29, 0.717) is 12.3 Å². The summed E-state index contributed by atoms with van der Waals surface area (Å²) in [5.74, 6) is 1.31. The molecular formula is C22H29NO3. The van der Waals surface area contributed by atoms with Crippen LogP contribution >= 0.6 is 0 Å². The standard InChI is InChI=1S/C22H29NO3/c1-5-6-14-25-18-11-9-10-17(15-18)23-21(24)16-26-20-13-8-7-12-19(20)22(2,3)4/h7-13,15H,5-6,14,16H2,1-4H3,(H,23,24). The number of carbonyl (C=O) groups excluding carboxylic acids is 1. The Morgan fingerprint density at radius 1 is 1.04 bits per heavy atom. The third-order valence-corrected chi connectivity index (χ3v) is 3.94. The molecular weight excluding hydrogens is 326 g/mol. The summed E-state index contributed by atoms with van der Waals surface area (Å²) in [6, 6.07) is 15.3. The highest BCUT2D eigenvalue weighted by Gasteiger charge is 2.18. The highest BCUT2D eigenvalue weighted by Crippen LogP contribution is 2.30. The van der Waals surface area contributed by atoms with Crippen LogP contribution in [0.3, 0.4) is 0 Å². The molecule has 1 amide bonds. The van der Waals surface area contributed by atoms with Crippen molar-refractivity contribution in [3.05, 3.63) is 54.1 Å². The van der Waals surface area contributed by atoms with Gasteiger partial charge in [-0.05, 0) is 35.6 Å². The molecule has 0 fully saturated rings. The van der Waals surface area contributed by atoms with Gasteiger partial charge in [0.2, 0.25) is 0 Å². The van der Waals surface area contributed by atoms with Crippen LogP contribution in [0.2, 0.25) is 0 Å². The number of benzene rings is 2. The second-order valence-corrected chi connectivity index (χ2v) is 7.31. The number of carbonyl (C=O) groups is 1.